The first kappa shape index (κ1) is 18.9. The number of hydrogen-bond donors (Lipinski definition) is 1. The summed E-state index contributed by atoms with van der Waals surface area (Å²) in [5, 5.41) is 6.94. The van der Waals surface area contributed by atoms with Crippen LogP contribution in [0.2, 0.25) is 0 Å². The third-order valence-electron chi connectivity index (χ3n) is 4.69. The fourth-order valence-corrected chi connectivity index (χ4v) is 3.20. The minimum Gasteiger partial charge on any atom is -0.355 e. The number of nitrogens with one attached hydrogen (secondary N) is 1. The highest BCUT2D eigenvalue weighted by molar-refractivity contribution is 5.93. The number of carbonyl (C=O) groups is 1. The Bertz CT molecular complexity index is 842. The molecule has 3 rings (SSSR count). The van der Waals surface area contributed by atoms with Crippen molar-refractivity contribution in [2.75, 3.05) is 19.6 Å². The first-order chi connectivity index (χ1) is 13.2. The van der Waals surface area contributed by atoms with Gasteiger partial charge in [-0.05, 0) is 18.7 Å². The molecule has 1 unspecified atom stereocenters. The zero-order chi connectivity index (χ0) is 19.1. The number of rotatable bonds is 8. The highest BCUT2D eigenvalue weighted by Gasteiger charge is 2.20. The van der Waals surface area contributed by atoms with Crippen molar-refractivity contribution in [2.24, 2.45) is 0 Å². The molecule has 1 aromatic heterocycles. The quantitative estimate of drug-likeness (QED) is 0.653. The molecule has 1 heterocycles. The van der Waals surface area contributed by atoms with Gasteiger partial charge in [-0.2, -0.15) is 0 Å². The van der Waals surface area contributed by atoms with E-state index < -0.39 is 0 Å². The Kier molecular flexibility index (Phi) is 6.39. The van der Waals surface area contributed by atoms with Crippen LogP contribution in [0.1, 0.15) is 35.9 Å². The third kappa shape index (κ3) is 4.63. The molecule has 0 fully saturated rings. The zero-order valence-electron chi connectivity index (χ0n) is 15.8. The van der Waals surface area contributed by atoms with E-state index in [1.54, 1.807) is 6.07 Å². The maximum atomic E-state index is 12.6. The Morgan fingerprint density at radius 1 is 1.04 bits per heavy atom. The molecule has 5 heteroatoms. The van der Waals surface area contributed by atoms with Gasteiger partial charge >= 0.3 is 0 Å². The molecular formula is C22H25N3O2. The Hall–Kier alpha value is -2.92. The first-order valence-electron chi connectivity index (χ1n) is 9.32. The lowest BCUT2D eigenvalue weighted by molar-refractivity contribution is 0.0926. The number of likely N-dealkylation sites (N-methyl/N-ethyl adjacent to an activating group) is 1. The van der Waals surface area contributed by atoms with Crippen molar-refractivity contribution < 1.29 is 9.32 Å². The smallest absolute Gasteiger partial charge is 0.273 e. The largest absolute Gasteiger partial charge is 0.355 e. The zero-order valence-corrected chi connectivity index (χ0v) is 15.8. The van der Waals surface area contributed by atoms with Crippen molar-refractivity contribution in [3.05, 3.63) is 78.0 Å². The molecule has 1 amide bonds. The van der Waals surface area contributed by atoms with Crippen LogP contribution in [0.25, 0.3) is 11.3 Å². The summed E-state index contributed by atoms with van der Waals surface area (Å²) in [4.78, 5) is 14.9. The van der Waals surface area contributed by atoms with Gasteiger partial charge in [-0.3, -0.25) is 9.69 Å². The molecule has 0 aliphatic heterocycles. The fourth-order valence-electron chi connectivity index (χ4n) is 3.20. The van der Waals surface area contributed by atoms with Gasteiger partial charge in [-0.25, -0.2) is 0 Å². The third-order valence-corrected chi connectivity index (χ3v) is 4.69. The number of aromatic nitrogens is 1. The fraction of sp³-hybridized carbons (Fsp3) is 0.273. The SMILES string of the molecule is CCN(CC)C(CNC(=O)c1cc(-c2ccccc2)on1)c1ccccc1. The monoisotopic (exact) mass is 363 g/mol. The summed E-state index contributed by atoms with van der Waals surface area (Å²) in [6.07, 6.45) is 0. The predicted molar refractivity (Wildman–Crippen MR) is 106 cm³/mol. The van der Waals surface area contributed by atoms with E-state index in [1.807, 2.05) is 48.5 Å². The van der Waals surface area contributed by atoms with Crippen molar-refractivity contribution in [2.45, 2.75) is 19.9 Å². The number of benzene rings is 2. The highest BCUT2D eigenvalue weighted by atomic mass is 16.5. The van der Waals surface area contributed by atoms with E-state index in [0.29, 0.717) is 18.0 Å². The Labute approximate surface area is 160 Å². The van der Waals surface area contributed by atoms with E-state index in [1.165, 1.54) is 5.56 Å². The van der Waals surface area contributed by atoms with Gasteiger partial charge in [0.05, 0.1) is 6.04 Å². The second-order valence-corrected chi connectivity index (χ2v) is 6.30. The molecular weight excluding hydrogens is 338 g/mol. The van der Waals surface area contributed by atoms with Crippen LogP contribution in [0.3, 0.4) is 0 Å². The lowest BCUT2D eigenvalue weighted by Crippen LogP contribution is -2.38. The van der Waals surface area contributed by atoms with Gasteiger partial charge in [0, 0.05) is 18.2 Å². The summed E-state index contributed by atoms with van der Waals surface area (Å²) in [5.74, 6) is 0.359. The molecule has 1 N–H and O–H groups in total. The van der Waals surface area contributed by atoms with Crippen molar-refractivity contribution >= 4 is 5.91 Å². The molecule has 0 saturated carbocycles. The average molecular weight is 363 g/mol. The molecule has 0 aliphatic carbocycles. The number of hydrogen-bond acceptors (Lipinski definition) is 4. The maximum Gasteiger partial charge on any atom is 0.273 e. The Morgan fingerprint density at radius 2 is 1.67 bits per heavy atom. The second kappa shape index (κ2) is 9.14. The van der Waals surface area contributed by atoms with Crippen LogP contribution >= 0.6 is 0 Å². The molecule has 1 atom stereocenters. The maximum absolute atomic E-state index is 12.6. The minimum atomic E-state index is -0.228. The molecule has 3 aromatic rings. The van der Waals surface area contributed by atoms with Crippen LogP contribution in [-0.2, 0) is 0 Å². The second-order valence-electron chi connectivity index (χ2n) is 6.30. The van der Waals surface area contributed by atoms with E-state index in [4.69, 9.17) is 4.52 Å². The van der Waals surface area contributed by atoms with Gasteiger partial charge in [-0.1, -0.05) is 79.7 Å². The summed E-state index contributed by atoms with van der Waals surface area (Å²) in [5.41, 5.74) is 2.38. The van der Waals surface area contributed by atoms with Crippen molar-refractivity contribution in [1.29, 1.82) is 0 Å². The van der Waals surface area contributed by atoms with Gasteiger partial charge in [0.25, 0.3) is 5.91 Å². The molecule has 0 spiro atoms. The van der Waals surface area contributed by atoms with E-state index in [-0.39, 0.29) is 11.9 Å². The minimum absolute atomic E-state index is 0.116. The standard InChI is InChI=1S/C22H25N3O2/c1-3-25(4-2)20(17-11-7-5-8-12-17)16-23-22(26)19-15-21(27-24-19)18-13-9-6-10-14-18/h5-15,20H,3-4,16H2,1-2H3,(H,23,26). The topological polar surface area (TPSA) is 58.4 Å². The molecule has 0 bridgehead atoms. The van der Waals surface area contributed by atoms with Crippen molar-refractivity contribution in [3.63, 3.8) is 0 Å². The number of amides is 1. The van der Waals surface area contributed by atoms with E-state index >= 15 is 0 Å². The molecule has 27 heavy (non-hydrogen) atoms. The molecule has 0 radical (unpaired) electrons. The average Bonchev–Trinajstić information content (AvgIpc) is 3.22. The first-order valence-corrected chi connectivity index (χ1v) is 9.32. The number of carbonyl (C=O) groups excluding carboxylic acids is 1. The number of nitrogens with zero attached hydrogens (tertiary/aromatic N) is 2. The van der Waals surface area contributed by atoms with E-state index in [0.717, 1.165) is 18.7 Å². The van der Waals surface area contributed by atoms with Gasteiger partial charge in [-0.15, -0.1) is 0 Å². The summed E-state index contributed by atoms with van der Waals surface area (Å²) in [7, 11) is 0. The van der Waals surface area contributed by atoms with Crippen LogP contribution in [0.15, 0.2) is 71.3 Å². The van der Waals surface area contributed by atoms with Crippen LogP contribution in [-0.4, -0.2) is 35.6 Å². The van der Waals surface area contributed by atoms with Crippen LogP contribution in [0.4, 0.5) is 0 Å². The highest BCUT2D eigenvalue weighted by Crippen LogP contribution is 2.21. The van der Waals surface area contributed by atoms with Gasteiger partial charge in [0.1, 0.15) is 0 Å². The molecule has 5 nitrogen and oxygen atoms in total. The van der Waals surface area contributed by atoms with E-state index in [9.17, 15) is 4.79 Å². The molecule has 0 saturated heterocycles. The Balaban J connectivity index is 1.70. The summed E-state index contributed by atoms with van der Waals surface area (Å²) in [6, 6.07) is 21.7. The summed E-state index contributed by atoms with van der Waals surface area (Å²) in [6.45, 7) is 6.59. The van der Waals surface area contributed by atoms with Crippen molar-refractivity contribution in [1.82, 2.24) is 15.4 Å². The Morgan fingerprint density at radius 3 is 2.30 bits per heavy atom. The lowest BCUT2D eigenvalue weighted by atomic mass is 10.0. The summed E-state index contributed by atoms with van der Waals surface area (Å²) < 4.78 is 5.33. The normalized spacial score (nSPS) is 12.1. The van der Waals surface area contributed by atoms with Crippen LogP contribution in [0.5, 0.6) is 0 Å². The lowest BCUT2D eigenvalue weighted by Gasteiger charge is -2.30. The van der Waals surface area contributed by atoms with Crippen LogP contribution in [0, 0.1) is 0 Å². The van der Waals surface area contributed by atoms with Crippen molar-refractivity contribution in [3.8, 4) is 11.3 Å². The van der Waals surface area contributed by atoms with Gasteiger partial charge in [0.2, 0.25) is 0 Å². The van der Waals surface area contributed by atoms with Gasteiger partial charge in [0.15, 0.2) is 11.5 Å². The molecule has 140 valence electrons. The predicted octanol–water partition coefficient (Wildman–Crippen LogP) is 4.15. The molecule has 0 aliphatic rings. The van der Waals surface area contributed by atoms with Gasteiger partial charge < -0.3 is 9.84 Å². The van der Waals surface area contributed by atoms with Crippen LogP contribution < -0.4 is 5.32 Å². The van der Waals surface area contributed by atoms with E-state index in [2.05, 4.69) is 41.4 Å². The molecule has 2 aromatic carbocycles. The summed E-state index contributed by atoms with van der Waals surface area (Å²) >= 11 is 0.